The summed E-state index contributed by atoms with van der Waals surface area (Å²) in [5.41, 5.74) is 10.0. The minimum absolute atomic E-state index is 0.576. The van der Waals surface area contributed by atoms with E-state index in [4.69, 9.17) is 5.73 Å². The van der Waals surface area contributed by atoms with Gasteiger partial charge in [-0.25, -0.2) is 4.98 Å². The minimum atomic E-state index is 0.576. The van der Waals surface area contributed by atoms with E-state index in [0.29, 0.717) is 5.82 Å². The highest BCUT2D eigenvalue weighted by Crippen LogP contribution is 2.46. The summed E-state index contributed by atoms with van der Waals surface area (Å²) in [6.45, 7) is 3.78. The molecule has 0 amide bonds. The zero-order valence-electron chi connectivity index (χ0n) is 15.1. The molecule has 0 radical (unpaired) electrons. The summed E-state index contributed by atoms with van der Waals surface area (Å²) in [4.78, 5) is 7.06. The first kappa shape index (κ1) is 16.6. The Morgan fingerprint density at radius 3 is 2.32 bits per heavy atom. The van der Waals surface area contributed by atoms with Crippen molar-refractivity contribution in [3.63, 3.8) is 0 Å². The van der Waals surface area contributed by atoms with E-state index in [-0.39, 0.29) is 0 Å². The van der Waals surface area contributed by atoms with Crippen molar-refractivity contribution in [1.29, 1.82) is 0 Å². The molecule has 1 spiro atoms. The molecule has 132 valence electrons. The molecule has 0 atom stereocenters. The molecule has 2 fully saturated rings. The van der Waals surface area contributed by atoms with Crippen molar-refractivity contribution < 1.29 is 0 Å². The van der Waals surface area contributed by atoms with Crippen LogP contribution in [0.15, 0.2) is 42.5 Å². The zero-order chi connectivity index (χ0) is 17.1. The maximum Gasteiger partial charge on any atom is 0.124 e. The number of likely N-dealkylation sites (tertiary alicyclic amines) is 1. The van der Waals surface area contributed by atoms with Gasteiger partial charge >= 0.3 is 0 Å². The first-order valence-electron chi connectivity index (χ1n) is 9.77. The van der Waals surface area contributed by atoms with Gasteiger partial charge in [0.2, 0.25) is 0 Å². The Balaban J connectivity index is 1.30. The average Bonchev–Trinajstić information content (AvgIpc) is 3.10. The lowest BCUT2D eigenvalue weighted by atomic mass is 9.77. The smallest absolute Gasteiger partial charge is 0.124 e. The molecule has 25 heavy (non-hydrogen) atoms. The molecule has 1 saturated heterocycles. The van der Waals surface area contributed by atoms with Crippen LogP contribution in [0.1, 0.15) is 44.1 Å². The lowest BCUT2D eigenvalue weighted by Gasteiger charge is -2.39. The molecule has 3 nitrogen and oxygen atoms in total. The van der Waals surface area contributed by atoms with Gasteiger partial charge in [-0.3, -0.25) is 0 Å². The van der Waals surface area contributed by atoms with Gasteiger partial charge in [-0.05, 0) is 68.3 Å². The number of nitrogens with zero attached hydrogens (tertiary/aromatic N) is 2. The molecule has 1 aromatic carbocycles. The SMILES string of the molecule is Nc1cccc(-c2ccc(CCN3CCC4(CCCC4)CC3)cc2)n1. The normalized spacial score (nSPS) is 20.2. The van der Waals surface area contributed by atoms with Gasteiger partial charge in [0.05, 0.1) is 5.69 Å². The van der Waals surface area contributed by atoms with Gasteiger partial charge < -0.3 is 10.6 Å². The van der Waals surface area contributed by atoms with E-state index >= 15 is 0 Å². The quantitative estimate of drug-likeness (QED) is 0.892. The number of nitrogen functional groups attached to an aromatic ring is 1. The summed E-state index contributed by atoms with van der Waals surface area (Å²) >= 11 is 0. The highest BCUT2D eigenvalue weighted by molar-refractivity contribution is 5.61. The second-order valence-electron chi connectivity index (χ2n) is 7.94. The van der Waals surface area contributed by atoms with Crippen molar-refractivity contribution >= 4 is 5.82 Å². The van der Waals surface area contributed by atoms with Crippen LogP contribution >= 0.6 is 0 Å². The molecule has 2 heterocycles. The first-order chi connectivity index (χ1) is 12.2. The second-order valence-corrected chi connectivity index (χ2v) is 7.94. The Morgan fingerprint density at radius 1 is 0.920 bits per heavy atom. The molecule has 2 aromatic rings. The van der Waals surface area contributed by atoms with Crippen LogP contribution < -0.4 is 5.73 Å². The number of hydrogen-bond donors (Lipinski definition) is 1. The second kappa shape index (κ2) is 7.17. The highest BCUT2D eigenvalue weighted by atomic mass is 15.1. The van der Waals surface area contributed by atoms with Gasteiger partial charge in [-0.15, -0.1) is 0 Å². The predicted octanol–water partition coefficient (Wildman–Crippen LogP) is 4.53. The fraction of sp³-hybridized carbons (Fsp3) is 0.500. The fourth-order valence-electron chi connectivity index (χ4n) is 4.62. The summed E-state index contributed by atoms with van der Waals surface area (Å²) in [6, 6.07) is 14.6. The summed E-state index contributed by atoms with van der Waals surface area (Å²) in [5.74, 6) is 0.576. The van der Waals surface area contributed by atoms with Gasteiger partial charge in [0.1, 0.15) is 5.82 Å². The molecule has 2 N–H and O–H groups in total. The van der Waals surface area contributed by atoms with Crippen molar-refractivity contribution in [1.82, 2.24) is 9.88 Å². The summed E-state index contributed by atoms with van der Waals surface area (Å²) < 4.78 is 0. The third kappa shape index (κ3) is 3.87. The molecule has 0 bridgehead atoms. The molecular formula is C22H29N3. The Bertz CT molecular complexity index is 691. The van der Waals surface area contributed by atoms with Crippen LogP contribution in [0.3, 0.4) is 0 Å². The summed E-state index contributed by atoms with van der Waals surface area (Å²) in [6.07, 6.45) is 9.89. The lowest BCUT2D eigenvalue weighted by Crippen LogP contribution is -2.39. The summed E-state index contributed by atoms with van der Waals surface area (Å²) in [5, 5.41) is 0. The van der Waals surface area contributed by atoms with E-state index in [1.165, 1.54) is 63.7 Å². The van der Waals surface area contributed by atoms with Gasteiger partial charge in [0.15, 0.2) is 0 Å². The molecule has 2 aliphatic rings. The number of anilines is 1. The van der Waals surface area contributed by atoms with Crippen molar-refractivity contribution in [2.45, 2.75) is 44.9 Å². The van der Waals surface area contributed by atoms with E-state index in [0.717, 1.165) is 23.1 Å². The lowest BCUT2D eigenvalue weighted by molar-refractivity contribution is 0.109. The van der Waals surface area contributed by atoms with Crippen molar-refractivity contribution in [3.05, 3.63) is 48.0 Å². The van der Waals surface area contributed by atoms with Crippen LogP contribution in [0.4, 0.5) is 5.82 Å². The van der Waals surface area contributed by atoms with Crippen LogP contribution in [-0.2, 0) is 6.42 Å². The van der Waals surface area contributed by atoms with E-state index in [9.17, 15) is 0 Å². The minimum Gasteiger partial charge on any atom is -0.384 e. The fourth-order valence-corrected chi connectivity index (χ4v) is 4.62. The largest absolute Gasteiger partial charge is 0.384 e. The molecule has 4 rings (SSSR count). The van der Waals surface area contributed by atoms with Crippen LogP contribution in [0.2, 0.25) is 0 Å². The van der Waals surface area contributed by atoms with Crippen LogP contribution in [0, 0.1) is 5.41 Å². The van der Waals surface area contributed by atoms with E-state index in [2.05, 4.69) is 34.1 Å². The number of pyridine rings is 1. The monoisotopic (exact) mass is 335 g/mol. The van der Waals surface area contributed by atoms with Crippen molar-refractivity contribution in [2.24, 2.45) is 5.41 Å². The van der Waals surface area contributed by atoms with E-state index < -0.39 is 0 Å². The Kier molecular flexibility index (Phi) is 4.76. The van der Waals surface area contributed by atoms with Crippen LogP contribution in [0.5, 0.6) is 0 Å². The molecule has 1 aliphatic heterocycles. The number of hydrogen-bond acceptors (Lipinski definition) is 3. The molecule has 1 aromatic heterocycles. The molecule has 3 heteroatoms. The maximum atomic E-state index is 5.78. The summed E-state index contributed by atoms with van der Waals surface area (Å²) in [7, 11) is 0. The highest BCUT2D eigenvalue weighted by Gasteiger charge is 2.36. The van der Waals surface area contributed by atoms with E-state index in [1.807, 2.05) is 18.2 Å². The number of rotatable bonds is 4. The number of benzene rings is 1. The number of aromatic nitrogens is 1. The van der Waals surface area contributed by atoms with Gasteiger partial charge in [-0.2, -0.15) is 0 Å². The number of piperidine rings is 1. The first-order valence-corrected chi connectivity index (χ1v) is 9.77. The number of nitrogens with two attached hydrogens (primary N) is 1. The average molecular weight is 335 g/mol. The van der Waals surface area contributed by atoms with Crippen LogP contribution in [0.25, 0.3) is 11.3 Å². The van der Waals surface area contributed by atoms with Gasteiger partial charge in [0, 0.05) is 12.1 Å². The standard InChI is InChI=1S/C22H29N3/c23-21-5-3-4-20(24-21)19-8-6-18(7-9-19)10-15-25-16-13-22(14-17-25)11-1-2-12-22/h3-9H,1-2,10-17H2,(H2,23,24). The maximum absolute atomic E-state index is 5.78. The molecule has 1 saturated carbocycles. The Morgan fingerprint density at radius 2 is 1.64 bits per heavy atom. The van der Waals surface area contributed by atoms with Crippen molar-refractivity contribution in [2.75, 3.05) is 25.4 Å². The molecule has 1 aliphatic carbocycles. The molecular weight excluding hydrogens is 306 g/mol. The molecule has 0 unspecified atom stereocenters. The Hall–Kier alpha value is -1.87. The predicted molar refractivity (Wildman–Crippen MR) is 104 cm³/mol. The third-order valence-corrected chi connectivity index (χ3v) is 6.32. The topological polar surface area (TPSA) is 42.1 Å². The Labute approximate surface area is 151 Å². The van der Waals surface area contributed by atoms with Crippen LogP contribution in [-0.4, -0.2) is 29.5 Å². The van der Waals surface area contributed by atoms with Gasteiger partial charge in [0.25, 0.3) is 0 Å². The van der Waals surface area contributed by atoms with Crippen molar-refractivity contribution in [3.8, 4) is 11.3 Å². The third-order valence-electron chi connectivity index (χ3n) is 6.32. The van der Waals surface area contributed by atoms with E-state index in [1.54, 1.807) is 0 Å². The zero-order valence-corrected chi connectivity index (χ0v) is 15.1. The van der Waals surface area contributed by atoms with Gasteiger partial charge in [-0.1, -0.05) is 43.2 Å².